The average molecular weight is 531 g/mol. The third kappa shape index (κ3) is 4.53. The van der Waals surface area contributed by atoms with Crippen LogP contribution in [0.25, 0.3) is 39.0 Å². The Hall–Kier alpha value is -5.11. The average Bonchev–Trinajstić information content (AvgIpc) is 3.70. The fourth-order valence-electron chi connectivity index (χ4n) is 5.05. The zero-order valence-corrected chi connectivity index (χ0v) is 22.9. The second-order valence-electron chi connectivity index (χ2n) is 9.59. The number of methoxy groups -OCH3 is 2. The molecule has 0 aliphatic heterocycles. The second-order valence-corrected chi connectivity index (χ2v) is 9.59. The van der Waals surface area contributed by atoms with E-state index in [9.17, 15) is 0 Å². The van der Waals surface area contributed by atoms with Crippen molar-refractivity contribution in [3.63, 3.8) is 0 Å². The van der Waals surface area contributed by atoms with E-state index in [1.54, 1.807) is 20.4 Å². The molecule has 0 aliphatic carbocycles. The molecule has 40 heavy (non-hydrogen) atoms. The molecule has 0 saturated heterocycles. The van der Waals surface area contributed by atoms with Crippen molar-refractivity contribution in [3.8, 4) is 39.4 Å². The standard InChI is InChI=1S/C32H30N6O2/c1-21(37(2)31-29(39-3)6-5-7-30(31)40-4)32-35-26-18-25(28(19-27(26)36-32)38-17-16-34-20-38)24-10-8-22(9-11-24)23-12-14-33-15-13-23/h5-21H,1-4H3,(H,35,36). The molecule has 0 amide bonds. The number of hydrogen-bond acceptors (Lipinski definition) is 6. The van der Waals surface area contributed by atoms with E-state index < -0.39 is 0 Å². The van der Waals surface area contributed by atoms with Gasteiger partial charge in [0.05, 0.1) is 43.3 Å². The van der Waals surface area contributed by atoms with Crippen molar-refractivity contribution in [1.29, 1.82) is 0 Å². The van der Waals surface area contributed by atoms with Crippen LogP contribution >= 0.6 is 0 Å². The van der Waals surface area contributed by atoms with E-state index >= 15 is 0 Å². The smallest absolute Gasteiger partial charge is 0.146 e. The zero-order valence-electron chi connectivity index (χ0n) is 22.9. The Morgan fingerprint density at radius 1 is 0.825 bits per heavy atom. The fraction of sp³-hybridized carbons (Fsp3) is 0.156. The summed E-state index contributed by atoms with van der Waals surface area (Å²) in [6, 6.07) is 22.6. The third-order valence-electron chi connectivity index (χ3n) is 7.34. The second kappa shape index (κ2) is 10.6. The van der Waals surface area contributed by atoms with Crippen LogP contribution in [0.5, 0.6) is 11.5 Å². The molecule has 8 nitrogen and oxygen atoms in total. The number of pyridine rings is 1. The molecule has 1 N–H and O–H groups in total. The summed E-state index contributed by atoms with van der Waals surface area (Å²) in [7, 11) is 5.35. The van der Waals surface area contributed by atoms with Crippen molar-refractivity contribution in [2.75, 3.05) is 26.2 Å². The van der Waals surface area contributed by atoms with Gasteiger partial charge < -0.3 is 23.9 Å². The number of fused-ring (bicyclic) bond motifs is 1. The number of H-pyrrole nitrogens is 1. The molecule has 3 aromatic carbocycles. The van der Waals surface area contributed by atoms with E-state index in [-0.39, 0.29) is 6.04 Å². The Bertz CT molecular complexity index is 1720. The van der Waals surface area contributed by atoms with Crippen LogP contribution in [-0.4, -0.2) is 45.8 Å². The van der Waals surface area contributed by atoms with Gasteiger partial charge in [-0.2, -0.15) is 0 Å². The van der Waals surface area contributed by atoms with E-state index in [4.69, 9.17) is 14.5 Å². The van der Waals surface area contributed by atoms with Crippen molar-refractivity contribution < 1.29 is 9.47 Å². The number of aromatic nitrogens is 5. The van der Waals surface area contributed by atoms with Gasteiger partial charge in [0.1, 0.15) is 23.0 Å². The van der Waals surface area contributed by atoms with E-state index in [2.05, 4.69) is 63.2 Å². The number of hydrogen-bond donors (Lipinski definition) is 1. The van der Waals surface area contributed by atoms with Crippen molar-refractivity contribution in [3.05, 3.63) is 104 Å². The van der Waals surface area contributed by atoms with Crippen LogP contribution < -0.4 is 14.4 Å². The molecule has 3 aromatic heterocycles. The molecule has 6 aromatic rings. The number of para-hydroxylation sites is 1. The predicted molar refractivity (Wildman–Crippen MR) is 158 cm³/mol. The molecule has 3 heterocycles. The minimum Gasteiger partial charge on any atom is -0.494 e. The fourth-order valence-corrected chi connectivity index (χ4v) is 5.05. The van der Waals surface area contributed by atoms with Crippen molar-refractivity contribution >= 4 is 16.7 Å². The Morgan fingerprint density at radius 2 is 1.50 bits per heavy atom. The van der Waals surface area contributed by atoms with Crippen molar-refractivity contribution in [2.45, 2.75) is 13.0 Å². The van der Waals surface area contributed by atoms with Gasteiger partial charge in [-0.1, -0.05) is 30.3 Å². The highest BCUT2D eigenvalue weighted by Crippen LogP contribution is 2.41. The highest BCUT2D eigenvalue weighted by Gasteiger charge is 2.23. The van der Waals surface area contributed by atoms with Crippen LogP contribution in [0.15, 0.2) is 97.8 Å². The third-order valence-corrected chi connectivity index (χ3v) is 7.34. The first-order valence-electron chi connectivity index (χ1n) is 13.0. The summed E-state index contributed by atoms with van der Waals surface area (Å²) >= 11 is 0. The molecule has 0 fully saturated rings. The molecule has 0 aliphatic rings. The lowest BCUT2D eigenvalue weighted by Gasteiger charge is -2.28. The quantitative estimate of drug-likeness (QED) is 0.236. The number of benzene rings is 3. The summed E-state index contributed by atoms with van der Waals surface area (Å²) in [6.45, 7) is 2.11. The monoisotopic (exact) mass is 530 g/mol. The molecule has 0 radical (unpaired) electrons. The number of rotatable bonds is 8. The van der Waals surface area contributed by atoms with Gasteiger partial charge in [0.15, 0.2) is 0 Å². The van der Waals surface area contributed by atoms with E-state index in [1.807, 2.05) is 66.9 Å². The summed E-state index contributed by atoms with van der Waals surface area (Å²) in [5.74, 6) is 2.32. The van der Waals surface area contributed by atoms with Gasteiger partial charge >= 0.3 is 0 Å². The zero-order chi connectivity index (χ0) is 27.6. The van der Waals surface area contributed by atoms with E-state index in [0.29, 0.717) is 0 Å². The summed E-state index contributed by atoms with van der Waals surface area (Å²) in [5.41, 5.74) is 8.17. The highest BCUT2D eigenvalue weighted by molar-refractivity contribution is 5.88. The minimum absolute atomic E-state index is 0.0857. The first kappa shape index (κ1) is 25.2. The van der Waals surface area contributed by atoms with Crippen LogP contribution in [-0.2, 0) is 0 Å². The van der Waals surface area contributed by atoms with Crippen molar-refractivity contribution in [2.24, 2.45) is 0 Å². The highest BCUT2D eigenvalue weighted by atomic mass is 16.5. The van der Waals surface area contributed by atoms with Gasteiger partial charge in [-0.05, 0) is 60.0 Å². The van der Waals surface area contributed by atoms with Crippen LogP contribution in [0.3, 0.4) is 0 Å². The lowest BCUT2D eigenvalue weighted by atomic mass is 9.99. The number of nitrogens with one attached hydrogen (secondary N) is 1. The summed E-state index contributed by atoms with van der Waals surface area (Å²) in [6.07, 6.45) is 9.18. The molecule has 1 atom stereocenters. The van der Waals surface area contributed by atoms with Crippen molar-refractivity contribution in [1.82, 2.24) is 24.5 Å². The number of ether oxygens (including phenoxy) is 2. The van der Waals surface area contributed by atoms with E-state index in [1.165, 1.54) is 0 Å². The lowest BCUT2D eigenvalue weighted by Crippen LogP contribution is -2.23. The molecule has 8 heteroatoms. The van der Waals surface area contributed by atoms with Gasteiger partial charge in [0.25, 0.3) is 0 Å². The minimum atomic E-state index is -0.0857. The Balaban J connectivity index is 1.41. The normalized spacial score (nSPS) is 11.9. The Labute approximate surface area is 232 Å². The van der Waals surface area contributed by atoms with E-state index in [0.717, 1.165) is 62.0 Å². The van der Waals surface area contributed by atoms with Gasteiger partial charge in [0.2, 0.25) is 0 Å². The number of anilines is 1. The topological polar surface area (TPSA) is 81.1 Å². The maximum atomic E-state index is 5.65. The Kier molecular flexibility index (Phi) is 6.66. The SMILES string of the molecule is COc1cccc(OC)c1N(C)C(C)c1nc2cc(-n3ccnc3)c(-c3ccc(-c4ccncc4)cc3)cc2[nH]1. The molecular formula is C32H30N6O2. The molecule has 0 bridgehead atoms. The van der Waals surface area contributed by atoms with Crippen LogP contribution in [0.1, 0.15) is 18.8 Å². The predicted octanol–water partition coefficient (Wildman–Crippen LogP) is 6.69. The molecular weight excluding hydrogens is 500 g/mol. The summed E-state index contributed by atoms with van der Waals surface area (Å²) < 4.78 is 13.3. The molecule has 200 valence electrons. The maximum Gasteiger partial charge on any atom is 0.146 e. The number of imidazole rings is 2. The van der Waals surface area contributed by atoms with Crippen LogP contribution in [0.2, 0.25) is 0 Å². The first-order valence-corrected chi connectivity index (χ1v) is 13.0. The largest absolute Gasteiger partial charge is 0.494 e. The Morgan fingerprint density at radius 3 is 2.15 bits per heavy atom. The van der Waals surface area contributed by atoms with Gasteiger partial charge in [-0.25, -0.2) is 9.97 Å². The molecule has 0 saturated carbocycles. The lowest BCUT2D eigenvalue weighted by molar-refractivity contribution is 0.393. The molecule has 0 spiro atoms. The number of nitrogens with zero attached hydrogens (tertiary/aromatic N) is 5. The van der Waals surface area contributed by atoms with Crippen LogP contribution in [0.4, 0.5) is 5.69 Å². The van der Waals surface area contributed by atoms with Crippen LogP contribution in [0, 0.1) is 0 Å². The maximum absolute atomic E-state index is 5.65. The summed E-state index contributed by atoms with van der Waals surface area (Å²) in [5, 5.41) is 0. The van der Waals surface area contributed by atoms with Gasteiger partial charge in [-0.3, -0.25) is 4.98 Å². The van der Waals surface area contributed by atoms with Gasteiger partial charge in [-0.15, -0.1) is 0 Å². The number of aromatic amines is 1. The molecule has 6 rings (SSSR count). The van der Waals surface area contributed by atoms with Gasteiger partial charge in [0, 0.05) is 37.4 Å². The molecule has 1 unspecified atom stereocenters. The summed E-state index contributed by atoms with van der Waals surface area (Å²) in [4.78, 5) is 19.1. The first-order chi connectivity index (χ1) is 19.6.